The monoisotopic (exact) mass is 738 g/mol. The highest BCUT2D eigenvalue weighted by Gasteiger charge is 2.46. The molecule has 2 aliphatic heterocycles. The van der Waals surface area contributed by atoms with E-state index >= 15 is 0 Å². The van der Waals surface area contributed by atoms with Crippen molar-refractivity contribution < 1.29 is 29.0 Å². The summed E-state index contributed by atoms with van der Waals surface area (Å²) in [6, 6.07) is 15.7. The average molecular weight is 739 g/mol. The fourth-order valence-electron chi connectivity index (χ4n) is 7.55. The molecule has 0 spiro atoms. The van der Waals surface area contributed by atoms with Crippen molar-refractivity contribution in [1.29, 1.82) is 0 Å². The number of aromatic amines is 2. The number of nitrogens with one attached hydrogen (secondary N) is 3. The highest BCUT2D eigenvalue weighted by atomic mass is 16.5. The number of nitrogens with zero attached hydrogens (tertiary/aromatic N) is 5. The van der Waals surface area contributed by atoms with E-state index in [1.165, 1.54) is 14.2 Å². The van der Waals surface area contributed by atoms with Crippen LogP contribution in [0.25, 0.3) is 33.6 Å². The Kier molecular flexibility index (Phi) is 10.3. The second-order valence-corrected chi connectivity index (χ2v) is 15.4. The van der Waals surface area contributed by atoms with Gasteiger partial charge in [-0.1, -0.05) is 48.5 Å². The molecule has 0 saturated carbocycles. The SMILES string of the molecule is COC(=O)NC(C)(C)C(=O)N1[C@@H](C)CC[C@H]1c1nc(-c2ccc(-c3ccc(-c4c[nH]c([C@@H]5CC[C@H](C)N5C(=O)C(C)(C)N(C)C(=O)O)n4)cc3)cc2)c[nH]1. The molecule has 4 N–H and O–H groups in total. The summed E-state index contributed by atoms with van der Waals surface area (Å²) in [6.07, 6.45) is 4.99. The minimum Gasteiger partial charge on any atom is -0.465 e. The lowest BCUT2D eigenvalue weighted by atomic mass is 10.0. The van der Waals surface area contributed by atoms with Crippen molar-refractivity contribution in [2.75, 3.05) is 14.2 Å². The molecule has 286 valence electrons. The second-order valence-electron chi connectivity index (χ2n) is 15.4. The zero-order valence-corrected chi connectivity index (χ0v) is 32.1. The molecule has 2 aliphatic rings. The van der Waals surface area contributed by atoms with Crippen LogP contribution < -0.4 is 5.32 Å². The first-order chi connectivity index (χ1) is 25.5. The van der Waals surface area contributed by atoms with Gasteiger partial charge in [-0.25, -0.2) is 19.6 Å². The highest BCUT2D eigenvalue weighted by molar-refractivity contribution is 5.90. The number of alkyl carbamates (subject to hydrolysis) is 1. The number of imidazole rings is 2. The van der Waals surface area contributed by atoms with Gasteiger partial charge < -0.3 is 34.9 Å². The van der Waals surface area contributed by atoms with Crippen LogP contribution in [0, 0.1) is 0 Å². The fraction of sp³-hybridized carbons (Fsp3) is 0.450. The zero-order chi connectivity index (χ0) is 39.1. The largest absolute Gasteiger partial charge is 0.465 e. The quantitative estimate of drug-likeness (QED) is 0.146. The molecule has 0 unspecified atom stereocenters. The van der Waals surface area contributed by atoms with Gasteiger partial charge in [0.2, 0.25) is 11.8 Å². The van der Waals surface area contributed by atoms with Crippen LogP contribution in [0.4, 0.5) is 9.59 Å². The third-order valence-corrected chi connectivity index (χ3v) is 11.1. The topological polar surface area (TPSA) is 177 Å². The van der Waals surface area contributed by atoms with E-state index in [4.69, 9.17) is 14.7 Å². The number of ether oxygens (including phenoxy) is 1. The Bertz CT molecular complexity index is 2020. The van der Waals surface area contributed by atoms with Gasteiger partial charge in [0, 0.05) is 42.7 Å². The summed E-state index contributed by atoms with van der Waals surface area (Å²) in [5.41, 5.74) is 3.09. The molecule has 14 heteroatoms. The van der Waals surface area contributed by atoms with Crippen molar-refractivity contribution in [3.63, 3.8) is 0 Å². The molecule has 0 radical (unpaired) electrons. The first-order valence-electron chi connectivity index (χ1n) is 18.3. The number of methoxy groups -OCH3 is 1. The number of rotatable bonds is 9. The van der Waals surface area contributed by atoms with Crippen LogP contribution in [0.15, 0.2) is 60.9 Å². The van der Waals surface area contributed by atoms with Crippen molar-refractivity contribution in [2.45, 2.75) is 102 Å². The minimum atomic E-state index is -1.23. The number of H-pyrrole nitrogens is 2. The van der Waals surface area contributed by atoms with Crippen molar-refractivity contribution >= 4 is 24.0 Å². The molecule has 2 aromatic carbocycles. The Morgan fingerprint density at radius 3 is 1.56 bits per heavy atom. The van der Waals surface area contributed by atoms with E-state index in [1.807, 2.05) is 67.5 Å². The average Bonchev–Trinajstić information content (AvgIpc) is 3.97. The van der Waals surface area contributed by atoms with Gasteiger partial charge in [0.25, 0.3) is 0 Å². The highest BCUT2D eigenvalue weighted by Crippen LogP contribution is 2.39. The number of carbonyl (C=O) groups is 4. The maximum atomic E-state index is 13.7. The van der Waals surface area contributed by atoms with Crippen LogP contribution in [0.5, 0.6) is 0 Å². The number of carboxylic acid groups (broad SMARTS) is 1. The Morgan fingerprint density at radius 2 is 1.15 bits per heavy atom. The molecule has 54 heavy (non-hydrogen) atoms. The van der Waals surface area contributed by atoms with Gasteiger partial charge in [-0.3, -0.25) is 14.5 Å². The van der Waals surface area contributed by atoms with Gasteiger partial charge in [0.1, 0.15) is 22.7 Å². The molecule has 0 aliphatic carbocycles. The number of likely N-dealkylation sites (tertiary alicyclic amines) is 2. The van der Waals surface area contributed by atoms with E-state index < -0.39 is 23.3 Å². The summed E-state index contributed by atoms with van der Waals surface area (Å²) in [5.74, 6) is 0.937. The van der Waals surface area contributed by atoms with Crippen LogP contribution in [0.2, 0.25) is 0 Å². The van der Waals surface area contributed by atoms with Crippen LogP contribution in [-0.2, 0) is 14.3 Å². The number of amides is 4. The van der Waals surface area contributed by atoms with E-state index in [2.05, 4.69) is 27.4 Å². The summed E-state index contributed by atoms with van der Waals surface area (Å²) in [6.45, 7) is 10.6. The van der Waals surface area contributed by atoms with Crippen molar-refractivity contribution in [1.82, 2.24) is 40.0 Å². The second kappa shape index (κ2) is 14.6. The molecule has 2 fully saturated rings. The lowest BCUT2D eigenvalue weighted by Gasteiger charge is -2.39. The molecule has 0 bridgehead atoms. The number of aromatic nitrogens is 4. The van der Waals surface area contributed by atoms with Crippen LogP contribution in [-0.4, -0.2) is 101 Å². The first-order valence-corrected chi connectivity index (χ1v) is 18.3. The predicted molar refractivity (Wildman–Crippen MR) is 203 cm³/mol. The number of likely N-dealkylation sites (N-methyl/N-ethyl adjacent to an activating group) is 1. The van der Waals surface area contributed by atoms with Gasteiger partial charge in [-0.15, -0.1) is 0 Å². The first kappa shape index (κ1) is 38.1. The summed E-state index contributed by atoms with van der Waals surface area (Å²) >= 11 is 0. The van der Waals surface area contributed by atoms with E-state index in [9.17, 15) is 24.3 Å². The fourth-order valence-corrected chi connectivity index (χ4v) is 7.55. The molecule has 2 saturated heterocycles. The van der Waals surface area contributed by atoms with E-state index in [1.54, 1.807) is 32.6 Å². The molecule has 2 aromatic heterocycles. The Hall–Kier alpha value is -5.66. The third-order valence-electron chi connectivity index (χ3n) is 11.1. The van der Waals surface area contributed by atoms with Gasteiger partial charge >= 0.3 is 12.2 Å². The zero-order valence-electron chi connectivity index (χ0n) is 32.1. The molecule has 4 atom stereocenters. The lowest BCUT2D eigenvalue weighted by Crippen LogP contribution is -2.57. The third kappa shape index (κ3) is 7.16. The molecular weight excluding hydrogens is 688 g/mol. The standard InChI is InChI=1S/C40H50N8O6/c1-23-9-19-31(47(23)35(49)39(3,4)45-37(51)54-8)33-41-21-29(43-33)27-15-11-25(12-16-27)26-13-17-28(18-14-26)30-22-42-34(44-30)32-20-10-24(2)48(32)36(50)40(5,6)46(7)38(52)53/h11-18,21-24,31-32H,9-10,19-20H2,1-8H3,(H,41,43)(H,42,44)(H,45,51)(H,52,53)/t23-,24-,31-,32-/m0/s1. The van der Waals surface area contributed by atoms with Gasteiger partial charge in [-0.2, -0.15) is 0 Å². The molecule has 6 rings (SSSR count). The van der Waals surface area contributed by atoms with Crippen molar-refractivity contribution in [3.05, 3.63) is 72.6 Å². The molecule has 14 nitrogen and oxygen atoms in total. The normalized spacial score (nSPS) is 20.2. The van der Waals surface area contributed by atoms with Crippen molar-refractivity contribution in [2.24, 2.45) is 0 Å². The number of benzene rings is 2. The Balaban J connectivity index is 1.13. The van der Waals surface area contributed by atoms with E-state index in [0.717, 1.165) is 64.2 Å². The lowest BCUT2D eigenvalue weighted by molar-refractivity contribution is -0.144. The Labute approximate surface area is 315 Å². The predicted octanol–water partition coefficient (Wildman–Crippen LogP) is 6.76. The van der Waals surface area contributed by atoms with Gasteiger partial charge in [0.15, 0.2) is 0 Å². The molecule has 4 aromatic rings. The number of hydrogen-bond acceptors (Lipinski definition) is 7. The Morgan fingerprint density at radius 1 is 0.741 bits per heavy atom. The van der Waals surface area contributed by atoms with Crippen LogP contribution in [0.1, 0.15) is 91.0 Å². The van der Waals surface area contributed by atoms with Crippen LogP contribution >= 0.6 is 0 Å². The summed E-state index contributed by atoms with van der Waals surface area (Å²) in [5, 5.41) is 12.2. The molecular formula is C40H50N8O6. The van der Waals surface area contributed by atoms with Crippen LogP contribution in [0.3, 0.4) is 0 Å². The smallest absolute Gasteiger partial charge is 0.407 e. The summed E-state index contributed by atoms with van der Waals surface area (Å²) in [4.78, 5) is 71.9. The summed E-state index contributed by atoms with van der Waals surface area (Å²) in [7, 11) is 2.69. The van der Waals surface area contributed by atoms with Gasteiger partial charge in [-0.05, 0) is 78.4 Å². The van der Waals surface area contributed by atoms with E-state index in [0.29, 0.717) is 11.6 Å². The van der Waals surface area contributed by atoms with Gasteiger partial charge in [0.05, 0.1) is 30.6 Å². The molecule has 4 heterocycles. The maximum absolute atomic E-state index is 13.7. The van der Waals surface area contributed by atoms with Crippen molar-refractivity contribution in [3.8, 4) is 33.6 Å². The van der Waals surface area contributed by atoms with E-state index in [-0.39, 0.29) is 36.0 Å². The summed E-state index contributed by atoms with van der Waals surface area (Å²) < 4.78 is 4.73. The maximum Gasteiger partial charge on any atom is 0.407 e. The number of hydrogen-bond donors (Lipinski definition) is 4. The minimum absolute atomic E-state index is 0.0142. The molecule has 4 amide bonds. The number of carbonyl (C=O) groups excluding carboxylic acids is 3.